The molecule has 0 aliphatic carbocycles. The smallest absolute Gasteiger partial charge is 0.341 e. The molecule has 0 fully saturated rings. The Morgan fingerprint density at radius 3 is 2.43 bits per heavy atom. The third kappa shape index (κ3) is 4.56. The van der Waals surface area contributed by atoms with Crippen LogP contribution in [0, 0.1) is 0 Å². The Labute approximate surface area is 147 Å². The molecule has 2 rings (SSSR count). The Morgan fingerprint density at radius 1 is 1.13 bits per heavy atom. The van der Waals surface area contributed by atoms with Gasteiger partial charge in [-0.05, 0) is 35.9 Å². The maximum Gasteiger partial charge on any atom is 0.341 e. The lowest BCUT2D eigenvalue weighted by atomic mass is 10.1. The summed E-state index contributed by atoms with van der Waals surface area (Å²) in [6, 6.07) is 11.9. The molecule has 6 heteroatoms. The number of carbonyl (C=O) groups excluding carboxylic acids is 2. The van der Waals surface area contributed by atoms with Gasteiger partial charge in [-0.1, -0.05) is 39.7 Å². The van der Waals surface area contributed by atoms with Crippen LogP contribution < -0.4 is 4.74 Å². The van der Waals surface area contributed by atoms with Crippen LogP contribution in [0.5, 0.6) is 5.75 Å². The number of methoxy groups -OCH3 is 1. The molecule has 0 N–H and O–H groups in total. The van der Waals surface area contributed by atoms with Crippen molar-refractivity contribution in [3.8, 4) is 5.75 Å². The van der Waals surface area contributed by atoms with Crippen molar-refractivity contribution in [2.45, 2.75) is 6.61 Å². The summed E-state index contributed by atoms with van der Waals surface area (Å²) in [6.45, 7) is 0.271. The number of hydrogen-bond donors (Lipinski definition) is 0. The second-order valence-corrected chi connectivity index (χ2v) is 5.67. The standard InChI is InChI=1S/C17H14BrClO4/c1-22-17(21)14-8-12(15(20)9-18)4-7-16(14)23-10-11-2-5-13(19)6-3-11/h2-8H,9-10H2,1H3. The molecule has 0 atom stereocenters. The zero-order chi connectivity index (χ0) is 16.8. The molecule has 0 radical (unpaired) electrons. The van der Waals surface area contributed by atoms with Gasteiger partial charge in [0.2, 0.25) is 0 Å². The monoisotopic (exact) mass is 396 g/mol. The van der Waals surface area contributed by atoms with Crippen LogP contribution in [0.2, 0.25) is 5.02 Å². The van der Waals surface area contributed by atoms with Crippen LogP contribution in [0.1, 0.15) is 26.3 Å². The Morgan fingerprint density at radius 2 is 1.83 bits per heavy atom. The average Bonchev–Trinajstić information content (AvgIpc) is 2.59. The van der Waals surface area contributed by atoms with Gasteiger partial charge in [0.1, 0.15) is 17.9 Å². The number of ketones is 1. The quantitative estimate of drug-likeness (QED) is 0.415. The summed E-state index contributed by atoms with van der Waals surface area (Å²) in [5.41, 5.74) is 1.54. The van der Waals surface area contributed by atoms with Gasteiger partial charge in [-0.3, -0.25) is 4.79 Å². The first kappa shape index (κ1) is 17.5. The lowest BCUT2D eigenvalue weighted by Gasteiger charge is -2.11. The molecule has 0 spiro atoms. The fourth-order valence-corrected chi connectivity index (χ4v) is 2.37. The van der Waals surface area contributed by atoms with Crippen molar-refractivity contribution in [3.63, 3.8) is 0 Å². The molecule has 0 saturated carbocycles. The Balaban J connectivity index is 2.24. The van der Waals surface area contributed by atoms with Gasteiger partial charge >= 0.3 is 5.97 Å². The molecule has 0 saturated heterocycles. The molecule has 4 nitrogen and oxygen atoms in total. The van der Waals surface area contributed by atoms with Gasteiger partial charge in [-0.2, -0.15) is 0 Å². The lowest BCUT2D eigenvalue weighted by Crippen LogP contribution is -2.09. The molecule has 0 aliphatic rings. The van der Waals surface area contributed by atoms with Gasteiger partial charge in [0.15, 0.2) is 5.78 Å². The minimum atomic E-state index is -0.555. The summed E-state index contributed by atoms with van der Waals surface area (Å²) in [5, 5.41) is 0.820. The lowest BCUT2D eigenvalue weighted by molar-refractivity contribution is 0.0595. The minimum Gasteiger partial charge on any atom is -0.488 e. The van der Waals surface area contributed by atoms with Crippen LogP contribution in [0.25, 0.3) is 0 Å². The van der Waals surface area contributed by atoms with E-state index < -0.39 is 5.97 Å². The van der Waals surface area contributed by atoms with Crippen molar-refractivity contribution < 1.29 is 19.1 Å². The number of ether oxygens (including phenoxy) is 2. The topological polar surface area (TPSA) is 52.6 Å². The maximum atomic E-state index is 11.9. The zero-order valence-corrected chi connectivity index (χ0v) is 14.7. The van der Waals surface area contributed by atoms with Gasteiger partial charge in [-0.25, -0.2) is 4.79 Å². The van der Waals surface area contributed by atoms with E-state index in [0.717, 1.165) is 5.56 Å². The highest BCUT2D eigenvalue weighted by Crippen LogP contribution is 2.23. The number of carbonyl (C=O) groups is 2. The summed E-state index contributed by atoms with van der Waals surface area (Å²) >= 11 is 8.95. The van der Waals surface area contributed by atoms with E-state index in [1.165, 1.54) is 13.2 Å². The summed E-state index contributed by atoms with van der Waals surface area (Å²) in [5.74, 6) is -0.322. The van der Waals surface area contributed by atoms with E-state index in [-0.39, 0.29) is 23.3 Å². The largest absolute Gasteiger partial charge is 0.488 e. The van der Waals surface area contributed by atoms with Gasteiger partial charge in [-0.15, -0.1) is 0 Å². The Bertz CT molecular complexity index is 713. The van der Waals surface area contributed by atoms with Crippen LogP contribution in [-0.4, -0.2) is 24.2 Å². The average molecular weight is 398 g/mol. The fourth-order valence-electron chi connectivity index (χ4n) is 1.92. The first-order chi connectivity index (χ1) is 11.0. The number of alkyl halides is 1. The molecule has 23 heavy (non-hydrogen) atoms. The molecule has 0 bridgehead atoms. The molecule has 120 valence electrons. The number of hydrogen-bond acceptors (Lipinski definition) is 4. The zero-order valence-electron chi connectivity index (χ0n) is 12.3. The van der Waals surface area contributed by atoms with Crippen molar-refractivity contribution in [3.05, 3.63) is 64.2 Å². The van der Waals surface area contributed by atoms with Crippen molar-refractivity contribution >= 4 is 39.3 Å². The molecule has 2 aromatic carbocycles. The molecule has 0 heterocycles. The predicted octanol–water partition coefficient (Wildman–Crippen LogP) is 4.28. The molecule has 2 aromatic rings. The third-order valence-corrected chi connectivity index (χ3v) is 3.90. The second kappa shape index (κ2) is 8.13. The van der Waals surface area contributed by atoms with Crippen LogP contribution >= 0.6 is 27.5 Å². The van der Waals surface area contributed by atoms with Crippen LogP contribution in [-0.2, 0) is 11.3 Å². The number of rotatable bonds is 6. The number of halogens is 2. The SMILES string of the molecule is COC(=O)c1cc(C(=O)CBr)ccc1OCc1ccc(Cl)cc1. The van der Waals surface area contributed by atoms with E-state index in [4.69, 9.17) is 21.1 Å². The Kier molecular flexibility index (Phi) is 6.19. The van der Waals surface area contributed by atoms with E-state index in [1.807, 2.05) is 12.1 Å². The van der Waals surface area contributed by atoms with Gasteiger partial charge in [0, 0.05) is 10.6 Å². The van der Waals surface area contributed by atoms with Crippen molar-refractivity contribution in [1.29, 1.82) is 0 Å². The van der Waals surface area contributed by atoms with E-state index in [9.17, 15) is 9.59 Å². The third-order valence-electron chi connectivity index (χ3n) is 3.14. The molecular formula is C17H14BrClO4. The molecule has 0 aliphatic heterocycles. The highest BCUT2D eigenvalue weighted by Gasteiger charge is 2.16. The highest BCUT2D eigenvalue weighted by molar-refractivity contribution is 9.09. The summed E-state index contributed by atoms with van der Waals surface area (Å²) in [6.07, 6.45) is 0. The minimum absolute atomic E-state index is 0.126. The summed E-state index contributed by atoms with van der Waals surface area (Å²) in [4.78, 5) is 23.7. The Hall–Kier alpha value is -1.85. The summed E-state index contributed by atoms with van der Waals surface area (Å²) in [7, 11) is 1.28. The van der Waals surface area contributed by atoms with Gasteiger partial charge in [0.05, 0.1) is 12.4 Å². The first-order valence-corrected chi connectivity index (χ1v) is 8.24. The number of esters is 1. The van der Waals surface area contributed by atoms with E-state index in [2.05, 4.69) is 15.9 Å². The van der Waals surface area contributed by atoms with Crippen molar-refractivity contribution in [2.75, 3.05) is 12.4 Å². The van der Waals surface area contributed by atoms with Gasteiger partial charge in [0.25, 0.3) is 0 Å². The highest BCUT2D eigenvalue weighted by atomic mass is 79.9. The molecule has 0 aromatic heterocycles. The van der Waals surface area contributed by atoms with E-state index >= 15 is 0 Å². The normalized spacial score (nSPS) is 10.2. The second-order valence-electron chi connectivity index (χ2n) is 4.67. The predicted molar refractivity (Wildman–Crippen MR) is 91.7 cm³/mol. The number of Topliss-reactive ketones (excluding diaryl/α,β-unsaturated/α-hetero) is 1. The maximum absolute atomic E-state index is 11.9. The number of benzene rings is 2. The van der Waals surface area contributed by atoms with E-state index in [1.54, 1.807) is 24.3 Å². The molecular weight excluding hydrogens is 384 g/mol. The van der Waals surface area contributed by atoms with E-state index in [0.29, 0.717) is 16.3 Å². The first-order valence-electron chi connectivity index (χ1n) is 6.74. The fraction of sp³-hybridized carbons (Fsp3) is 0.176. The van der Waals surface area contributed by atoms with Crippen LogP contribution in [0.4, 0.5) is 0 Å². The van der Waals surface area contributed by atoms with Crippen molar-refractivity contribution in [1.82, 2.24) is 0 Å². The molecule has 0 unspecified atom stereocenters. The molecule has 0 amide bonds. The van der Waals surface area contributed by atoms with Gasteiger partial charge < -0.3 is 9.47 Å². The summed E-state index contributed by atoms with van der Waals surface area (Å²) < 4.78 is 10.4. The van der Waals surface area contributed by atoms with Crippen molar-refractivity contribution in [2.24, 2.45) is 0 Å². The van der Waals surface area contributed by atoms with Crippen LogP contribution in [0.3, 0.4) is 0 Å². The van der Waals surface area contributed by atoms with Crippen LogP contribution in [0.15, 0.2) is 42.5 Å².